The van der Waals surface area contributed by atoms with E-state index in [4.69, 9.17) is 4.74 Å². The largest absolute Gasteiger partial charge is 0.507 e. The summed E-state index contributed by atoms with van der Waals surface area (Å²) in [6.45, 7) is 3.65. The third kappa shape index (κ3) is 2.84. The number of nitrogens with zero attached hydrogens (tertiary/aromatic N) is 1. The Bertz CT molecular complexity index is 794. The van der Waals surface area contributed by atoms with Crippen LogP contribution in [0.1, 0.15) is 38.3 Å². The Hall–Kier alpha value is -2.61. The highest BCUT2D eigenvalue weighted by atomic mass is 16.5. The van der Waals surface area contributed by atoms with Crippen LogP contribution in [0.5, 0.6) is 11.5 Å². The number of methoxy groups -OCH3 is 1. The molecule has 2 amide bonds. The van der Waals surface area contributed by atoms with Crippen LogP contribution >= 0.6 is 0 Å². The lowest BCUT2D eigenvalue weighted by Gasteiger charge is -2.27. The number of aliphatic carboxylic acids is 1. The third-order valence-electron chi connectivity index (χ3n) is 5.63. The van der Waals surface area contributed by atoms with Crippen molar-refractivity contribution in [3.63, 3.8) is 0 Å². The van der Waals surface area contributed by atoms with Gasteiger partial charge in [-0.1, -0.05) is 19.4 Å². The lowest BCUT2D eigenvalue weighted by molar-refractivity contribution is -0.150. The average Bonchev–Trinajstić information content (AvgIpc) is 3.08. The molecular formula is C19H24N2O6. The number of carbonyl (C=O) groups excluding carboxylic acids is 2. The van der Waals surface area contributed by atoms with E-state index >= 15 is 0 Å². The van der Waals surface area contributed by atoms with Crippen LogP contribution in [0.3, 0.4) is 0 Å². The number of hydrogen-bond acceptors (Lipinski definition) is 6. The number of nitrogens with one attached hydrogen (secondary N) is 1. The first-order valence-corrected chi connectivity index (χ1v) is 8.99. The van der Waals surface area contributed by atoms with Crippen molar-refractivity contribution in [2.24, 2.45) is 11.8 Å². The van der Waals surface area contributed by atoms with Crippen LogP contribution < -0.4 is 10.1 Å². The smallest absolute Gasteiger partial charge is 0.324 e. The van der Waals surface area contributed by atoms with Crippen molar-refractivity contribution in [1.29, 1.82) is 0 Å². The summed E-state index contributed by atoms with van der Waals surface area (Å²) in [5, 5.41) is 23.1. The highest BCUT2D eigenvalue weighted by Gasteiger charge is 2.66. The molecule has 0 bridgehead atoms. The fraction of sp³-hybridized carbons (Fsp3) is 0.526. The van der Waals surface area contributed by atoms with E-state index < -0.39 is 41.2 Å². The van der Waals surface area contributed by atoms with E-state index in [0.29, 0.717) is 17.7 Å². The molecule has 2 saturated heterocycles. The van der Waals surface area contributed by atoms with Crippen LogP contribution in [0, 0.1) is 11.8 Å². The summed E-state index contributed by atoms with van der Waals surface area (Å²) < 4.78 is 5.07. The summed E-state index contributed by atoms with van der Waals surface area (Å²) in [6, 6.07) is 3.82. The number of imide groups is 1. The van der Waals surface area contributed by atoms with Crippen LogP contribution in [0.4, 0.5) is 0 Å². The van der Waals surface area contributed by atoms with E-state index in [1.165, 1.54) is 25.0 Å². The van der Waals surface area contributed by atoms with Gasteiger partial charge in [0.1, 0.15) is 17.0 Å². The van der Waals surface area contributed by atoms with Crippen LogP contribution in [-0.2, 0) is 14.4 Å². The zero-order valence-corrected chi connectivity index (χ0v) is 15.6. The maximum atomic E-state index is 13.0. The SMILES string of the molecule is CCCCN1C(=O)[C@@H]2[C@H](c3ccc(OC)cc3O)N[C@](C)(C(=O)O)[C@H]2C1=O. The van der Waals surface area contributed by atoms with Gasteiger partial charge in [0, 0.05) is 24.2 Å². The van der Waals surface area contributed by atoms with Crippen LogP contribution in [-0.4, -0.2) is 52.1 Å². The van der Waals surface area contributed by atoms with Gasteiger partial charge in [-0.2, -0.15) is 0 Å². The lowest BCUT2D eigenvalue weighted by atomic mass is 9.80. The number of amides is 2. The highest BCUT2D eigenvalue weighted by molar-refractivity contribution is 6.09. The Labute approximate surface area is 157 Å². The summed E-state index contributed by atoms with van der Waals surface area (Å²) in [7, 11) is 1.46. The summed E-state index contributed by atoms with van der Waals surface area (Å²) in [4.78, 5) is 39.1. The molecule has 3 rings (SSSR count). The first-order chi connectivity index (χ1) is 12.8. The van der Waals surface area contributed by atoms with Crippen LogP contribution in [0.15, 0.2) is 18.2 Å². The average molecular weight is 376 g/mol. The number of aromatic hydroxyl groups is 1. The number of carboxylic acids is 1. The van der Waals surface area contributed by atoms with Gasteiger partial charge in [-0.25, -0.2) is 0 Å². The second-order valence-corrected chi connectivity index (χ2v) is 7.24. The zero-order chi connectivity index (χ0) is 19.9. The zero-order valence-electron chi connectivity index (χ0n) is 15.6. The van der Waals surface area contributed by atoms with Crippen molar-refractivity contribution in [3.05, 3.63) is 23.8 Å². The molecule has 3 N–H and O–H groups in total. The van der Waals surface area contributed by atoms with Gasteiger partial charge >= 0.3 is 5.97 Å². The fourth-order valence-electron chi connectivity index (χ4n) is 4.11. The predicted molar refractivity (Wildman–Crippen MR) is 95.2 cm³/mol. The number of unbranched alkanes of at least 4 members (excludes halogenated alkanes) is 1. The van der Waals surface area contributed by atoms with Crippen molar-refractivity contribution in [3.8, 4) is 11.5 Å². The molecular weight excluding hydrogens is 352 g/mol. The predicted octanol–water partition coefficient (Wildman–Crippen LogP) is 1.29. The van der Waals surface area contributed by atoms with Crippen LogP contribution in [0.2, 0.25) is 0 Å². The number of hydrogen-bond donors (Lipinski definition) is 3. The minimum atomic E-state index is -1.60. The standard InChI is InChI=1S/C19H24N2O6/c1-4-5-8-21-16(23)13-14(17(21)24)19(2,18(25)26)20-15(13)11-7-6-10(27-3)9-12(11)22/h6-7,9,13-15,20,22H,4-5,8H2,1-3H3,(H,25,26)/t13-,14+,15-,19-/m0/s1. The van der Waals surface area contributed by atoms with E-state index in [0.717, 1.165) is 6.42 Å². The molecule has 1 aromatic carbocycles. The number of rotatable bonds is 6. The number of ether oxygens (including phenoxy) is 1. The van der Waals surface area contributed by atoms with Gasteiger partial charge in [0.15, 0.2) is 0 Å². The fourth-order valence-corrected chi connectivity index (χ4v) is 4.11. The van der Waals surface area contributed by atoms with Crippen LogP contribution in [0.25, 0.3) is 0 Å². The van der Waals surface area contributed by atoms with Crippen molar-refractivity contribution in [2.75, 3.05) is 13.7 Å². The summed E-state index contributed by atoms with van der Waals surface area (Å²) in [6.07, 6.45) is 1.47. The number of fused-ring (bicyclic) bond motifs is 1. The van der Waals surface area contributed by atoms with Gasteiger partial charge in [-0.3, -0.25) is 24.6 Å². The van der Waals surface area contributed by atoms with E-state index in [-0.39, 0.29) is 12.3 Å². The number of benzene rings is 1. The molecule has 0 unspecified atom stereocenters. The minimum absolute atomic E-state index is 0.118. The minimum Gasteiger partial charge on any atom is -0.507 e. The molecule has 0 aliphatic carbocycles. The number of likely N-dealkylation sites (tertiary alicyclic amines) is 1. The van der Waals surface area contributed by atoms with Gasteiger partial charge in [-0.15, -0.1) is 0 Å². The molecule has 1 aromatic rings. The first-order valence-electron chi connectivity index (χ1n) is 8.99. The second-order valence-electron chi connectivity index (χ2n) is 7.24. The normalized spacial score (nSPS) is 29.9. The van der Waals surface area contributed by atoms with Crippen molar-refractivity contribution < 1.29 is 29.3 Å². The quantitative estimate of drug-likeness (QED) is 0.641. The van der Waals surface area contributed by atoms with Gasteiger partial charge < -0.3 is 14.9 Å². The van der Waals surface area contributed by atoms with Gasteiger partial charge in [-0.05, 0) is 19.4 Å². The second kappa shape index (κ2) is 6.84. The molecule has 0 saturated carbocycles. The number of phenols is 1. The Morgan fingerprint density at radius 2 is 2.04 bits per heavy atom. The van der Waals surface area contributed by atoms with Crippen molar-refractivity contribution in [1.82, 2.24) is 10.2 Å². The van der Waals surface area contributed by atoms with E-state index in [1.54, 1.807) is 12.1 Å². The van der Waals surface area contributed by atoms with Gasteiger partial charge in [0.2, 0.25) is 11.8 Å². The summed E-state index contributed by atoms with van der Waals surface area (Å²) >= 11 is 0. The molecule has 0 spiro atoms. The molecule has 2 aliphatic heterocycles. The number of carboxylic acid groups (broad SMARTS) is 1. The number of carbonyl (C=O) groups is 3. The summed E-state index contributed by atoms with van der Waals surface area (Å²) in [5.74, 6) is -3.65. The van der Waals surface area contributed by atoms with Gasteiger partial charge in [0.25, 0.3) is 0 Å². The molecule has 2 aliphatic rings. The van der Waals surface area contributed by atoms with E-state index in [2.05, 4.69) is 5.32 Å². The highest BCUT2D eigenvalue weighted by Crippen LogP contribution is 2.50. The molecule has 2 fully saturated rings. The van der Waals surface area contributed by atoms with Crippen molar-refractivity contribution in [2.45, 2.75) is 38.3 Å². The molecule has 2 heterocycles. The Morgan fingerprint density at radius 3 is 2.59 bits per heavy atom. The van der Waals surface area contributed by atoms with E-state index in [1.807, 2.05) is 6.92 Å². The maximum absolute atomic E-state index is 13.0. The lowest BCUT2D eigenvalue weighted by Crippen LogP contribution is -2.53. The Kier molecular flexibility index (Phi) is 4.86. The Morgan fingerprint density at radius 1 is 1.33 bits per heavy atom. The first kappa shape index (κ1) is 19.2. The molecule has 0 aromatic heterocycles. The molecule has 8 heteroatoms. The topological polar surface area (TPSA) is 116 Å². The summed E-state index contributed by atoms with van der Waals surface area (Å²) in [5.41, 5.74) is -1.23. The number of phenolic OH excluding ortho intramolecular Hbond substituents is 1. The van der Waals surface area contributed by atoms with Gasteiger partial charge in [0.05, 0.1) is 18.9 Å². The Balaban J connectivity index is 2.05. The molecule has 146 valence electrons. The van der Waals surface area contributed by atoms with E-state index in [9.17, 15) is 24.6 Å². The molecule has 8 nitrogen and oxygen atoms in total. The molecule has 4 atom stereocenters. The molecule has 0 radical (unpaired) electrons. The maximum Gasteiger partial charge on any atom is 0.324 e. The van der Waals surface area contributed by atoms with Crippen molar-refractivity contribution >= 4 is 17.8 Å². The monoisotopic (exact) mass is 376 g/mol. The molecule has 27 heavy (non-hydrogen) atoms. The third-order valence-corrected chi connectivity index (χ3v) is 5.63.